The molecule has 0 aromatic heterocycles. The first-order valence-corrected chi connectivity index (χ1v) is 12.8. The van der Waals surface area contributed by atoms with Gasteiger partial charge in [-0.05, 0) is 74.6 Å². The first-order chi connectivity index (χ1) is 17.6. The Morgan fingerprint density at radius 1 is 0.703 bits per heavy atom. The van der Waals surface area contributed by atoms with Gasteiger partial charge in [0.2, 0.25) is 0 Å². The molecule has 3 aromatic rings. The molecule has 0 amide bonds. The molecule has 5 nitrogen and oxygen atoms in total. The molecule has 6 heteroatoms. The maximum absolute atomic E-state index is 2.41. The number of likely N-dealkylation sites (N-methyl/N-ethyl adjacent to an activating group) is 2. The van der Waals surface area contributed by atoms with Crippen molar-refractivity contribution >= 4 is 23.0 Å². The molecule has 0 radical (unpaired) electrons. The van der Waals surface area contributed by atoms with Crippen LogP contribution < -0.4 is 27.5 Å². The Morgan fingerprint density at radius 2 is 1.24 bits per heavy atom. The number of hydrogen-bond donors (Lipinski definition) is 1. The Labute approximate surface area is 225 Å². The lowest BCUT2D eigenvalue weighted by atomic mass is 9.92. The first-order valence-electron chi connectivity index (χ1n) is 12.8. The van der Waals surface area contributed by atoms with Gasteiger partial charge in [-0.25, -0.2) is 9.15 Å². The summed E-state index contributed by atoms with van der Waals surface area (Å²) in [5.74, 6) is 2.94. The maximum atomic E-state index is 2.41. The minimum atomic E-state index is 0. The van der Waals surface area contributed by atoms with Gasteiger partial charge in [0, 0.05) is 5.92 Å². The number of halogens is 1. The smallest absolute Gasteiger partial charge is 0.427 e. The van der Waals surface area contributed by atoms with Crippen LogP contribution in [0.4, 0.5) is 11.4 Å². The number of nitrogens with zero attached hydrogens (tertiary/aromatic N) is 4. The minimum absolute atomic E-state index is 0. The summed E-state index contributed by atoms with van der Waals surface area (Å²) in [6, 6.07) is 28.7. The lowest BCUT2D eigenvalue weighted by Gasteiger charge is -2.17. The van der Waals surface area contributed by atoms with Crippen LogP contribution in [0.2, 0.25) is 0 Å². The Kier molecular flexibility index (Phi) is 7.00. The molecule has 0 saturated carbocycles. The quantitative estimate of drug-likeness (QED) is 0.520. The summed E-state index contributed by atoms with van der Waals surface area (Å²) >= 11 is 0. The molecule has 6 rings (SSSR count). The molecule has 1 saturated heterocycles. The third-order valence-corrected chi connectivity index (χ3v) is 7.56. The molecular formula is C31H34ClN5+2. The molecule has 0 bridgehead atoms. The van der Waals surface area contributed by atoms with Gasteiger partial charge in [-0.2, -0.15) is 0 Å². The Balaban J connectivity index is 0.00000280. The molecule has 2 atom stereocenters. The molecule has 188 valence electrons. The minimum Gasteiger partial charge on any atom is -1.00 e. The van der Waals surface area contributed by atoms with Crippen molar-refractivity contribution in [1.29, 1.82) is 0 Å². The lowest BCUT2D eigenvalue weighted by molar-refractivity contribution is -0.878. The van der Waals surface area contributed by atoms with Crippen molar-refractivity contribution in [2.75, 3.05) is 44.3 Å². The standard InChI is InChI=1S/C31H33N5.ClH/c1-32-22-23-33(2)31-30(32)35(28-18-14-26(15-19-28)24-10-6-4-7-11-24)34(3)36(31)29-20-16-27(17-21-29)25-12-8-5-9-13-25;/h4-12,14-21,25H,13,22-23H2,1-3H3;1H/q+2;. The zero-order valence-corrected chi connectivity index (χ0v) is 22.4. The lowest BCUT2D eigenvalue weighted by Crippen LogP contribution is -3.20. The molecule has 1 N–H and O–H groups in total. The highest BCUT2D eigenvalue weighted by atomic mass is 35.5. The van der Waals surface area contributed by atoms with E-state index in [9.17, 15) is 0 Å². The average molecular weight is 512 g/mol. The van der Waals surface area contributed by atoms with Crippen LogP contribution in [0.25, 0.3) is 11.1 Å². The fourth-order valence-corrected chi connectivity index (χ4v) is 5.55. The fraction of sp³-hybridized carbons (Fsp3) is 0.226. The first kappa shape index (κ1) is 25.0. The van der Waals surface area contributed by atoms with Gasteiger partial charge < -0.3 is 12.4 Å². The van der Waals surface area contributed by atoms with Gasteiger partial charge in [-0.15, -0.1) is 0 Å². The highest BCUT2D eigenvalue weighted by Crippen LogP contribution is 2.28. The Bertz CT molecular complexity index is 1390. The summed E-state index contributed by atoms with van der Waals surface area (Å²) in [6.07, 6.45) is 9.92. The van der Waals surface area contributed by atoms with Crippen molar-refractivity contribution in [3.63, 3.8) is 0 Å². The number of allylic oxidation sites excluding steroid dienone is 4. The molecule has 37 heavy (non-hydrogen) atoms. The summed E-state index contributed by atoms with van der Waals surface area (Å²) in [5.41, 5.74) is 6.22. The van der Waals surface area contributed by atoms with E-state index in [2.05, 4.69) is 143 Å². The van der Waals surface area contributed by atoms with Crippen LogP contribution in [0.1, 0.15) is 17.9 Å². The van der Waals surface area contributed by atoms with Crippen LogP contribution in [0.3, 0.4) is 0 Å². The second-order valence-electron chi connectivity index (χ2n) is 9.87. The average Bonchev–Trinajstić information content (AvgIpc) is 3.26. The van der Waals surface area contributed by atoms with Crippen LogP contribution in [-0.4, -0.2) is 55.1 Å². The second kappa shape index (κ2) is 10.4. The van der Waals surface area contributed by atoms with E-state index in [0.717, 1.165) is 19.5 Å². The number of nitrogens with one attached hydrogen (secondary N) is 1. The van der Waals surface area contributed by atoms with Gasteiger partial charge in [0.25, 0.3) is 0 Å². The molecule has 0 spiro atoms. The monoisotopic (exact) mass is 511 g/mol. The molecule has 2 aliphatic heterocycles. The van der Waals surface area contributed by atoms with E-state index < -0.39 is 0 Å². The predicted molar refractivity (Wildman–Crippen MR) is 148 cm³/mol. The third-order valence-electron chi connectivity index (χ3n) is 7.56. The number of anilines is 2. The SMILES string of the molecule is C[N+]1=C2C(=[N+](C)CC1)N(c1ccc(C3C=CC=CC3)cc1)[NH+](C)N2c1ccc(-c2ccccc2)cc1.[Cl-]. The van der Waals surface area contributed by atoms with E-state index in [0.29, 0.717) is 5.92 Å². The highest BCUT2D eigenvalue weighted by molar-refractivity contribution is 6.46. The van der Waals surface area contributed by atoms with Gasteiger partial charge in [0.05, 0.1) is 14.1 Å². The number of quaternary nitrogens is 1. The van der Waals surface area contributed by atoms with Crippen LogP contribution in [0.15, 0.2) is 103 Å². The van der Waals surface area contributed by atoms with Crippen LogP contribution >= 0.6 is 0 Å². The van der Waals surface area contributed by atoms with E-state index in [1.165, 1.54) is 44.9 Å². The van der Waals surface area contributed by atoms with E-state index in [1.807, 2.05) is 0 Å². The van der Waals surface area contributed by atoms with Gasteiger partial charge in [0.15, 0.2) is 11.4 Å². The predicted octanol–water partition coefficient (Wildman–Crippen LogP) is 0.724. The molecule has 1 fully saturated rings. The van der Waals surface area contributed by atoms with Crippen LogP contribution in [-0.2, 0) is 0 Å². The van der Waals surface area contributed by atoms with Crippen molar-refractivity contribution < 1.29 is 26.7 Å². The van der Waals surface area contributed by atoms with E-state index in [1.54, 1.807) is 0 Å². The van der Waals surface area contributed by atoms with E-state index >= 15 is 0 Å². The number of benzene rings is 3. The van der Waals surface area contributed by atoms with E-state index in [-0.39, 0.29) is 12.4 Å². The topological polar surface area (TPSA) is 16.9 Å². The van der Waals surface area contributed by atoms with Gasteiger partial charge >= 0.3 is 11.7 Å². The number of fused-ring (bicyclic) bond motifs is 1. The number of hydrogen-bond acceptors (Lipinski definition) is 2. The summed E-state index contributed by atoms with van der Waals surface area (Å²) in [4.78, 5) is 0. The highest BCUT2D eigenvalue weighted by Gasteiger charge is 2.60. The summed E-state index contributed by atoms with van der Waals surface area (Å²) in [7, 11) is 6.64. The fourth-order valence-electron chi connectivity index (χ4n) is 5.55. The van der Waals surface area contributed by atoms with Crippen molar-refractivity contribution in [3.8, 4) is 11.1 Å². The molecular weight excluding hydrogens is 478 g/mol. The van der Waals surface area contributed by atoms with Gasteiger partial charge in [0.1, 0.15) is 20.1 Å². The van der Waals surface area contributed by atoms with Crippen LogP contribution in [0.5, 0.6) is 0 Å². The normalized spacial score (nSPS) is 20.8. The number of rotatable bonds is 4. The molecule has 2 unspecified atom stereocenters. The zero-order valence-electron chi connectivity index (χ0n) is 21.7. The van der Waals surface area contributed by atoms with Crippen molar-refractivity contribution in [2.24, 2.45) is 0 Å². The van der Waals surface area contributed by atoms with Crippen molar-refractivity contribution in [1.82, 2.24) is 0 Å². The summed E-state index contributed by atoms with van der Waals surface area (Å²) in [5, 5.41) is 6.01. The van der Waals surface area contributed by atoms with Crippen molar-refractivity contribution in [2.45, 2.75) is 12.3 Å². The Hall–Kier alpha value is -3.67. The molecule has 3 aromatic carbocycles. The Morgan fingerprint density at radius 3 is 1.78 bits per heavy atom. The largest absolute Gasteiger partial charge is 1.00 e. The van der Waals surface area contributed by atoms with Gasteiger partial charge in [-0.1, -0.05) is 66.8 Å². The van der Waals surface area contributed by atoms with E-state index in [4.69, 9.17) is 0 Å². The molecule has 2 heterocycles. The summed E-state index contributed by atoms with van der Waals surface area (Å²) < 4.78 is 4.78. The zero-order chi connectivity index (χ0) is 24.6. The van der Waals surface area contributed by atoms with Gasteiger partial charge in [-0.3, -0.25) is 0 Å². The third kappa shape index (κ3) is 4.50. The van der Waals surface area contributed by atoms with Crippen molar-refractivity contribution in [3.05, 3.63) is 109 Å². The molecule has 1 aliphatic carbocycles. The second-order valence-corrected chi connectivity index (χ2v) is 9.87. The van der Waals surface area contributed by atoms with Crippen LogP contribution in [0, 0.1) is 0 Å². The summed E-state index contributed by atoms with van der Waals surface area (Å²) in [6.45, 7) is 1.99. The number of amidine groups is 2. The maximum Gasteiger partial charge on any atom is 0.427 e. The molecule has 3 aliphatic rings.